The summed E-state index contributed by atoms with van der Waals surface area (Å²) >= 11 is 0. The molecular formula is C18H25NO. The topological polar surface area (TPSA) is 12.5 Å². The van der Waals surface area contributed by atoms with Gasteiger partial charge in [0, 0.05) is 21.1 Å². The summed E-state index contributed by atoms with van der Waals surface area (Å²) in [5, 5.41) is 0. The van der Waals surface area contributed by atoms with Gasteiger partial charge in [-0.25, -0.2) is 0 Å². The van der Waals surface area contributed by atoms with Gasteiger partial charge in [-0.05, 0) is 68.2 Å². The summed E-state index contributed by atoms with van der Waals surface area (Å²) in [7, 11) is 1.30. The van der Waals surface area contributed by atoms with Crippen molar-refractivity contribution in [2.75, 3.05) is 20.6 Å². The molecule has 2 fully saturated rings. The second-order valence-corrected chi connectivity index (χ2v) is 5.96. The number of methoxy groups -OCH3 is 1. The number of hydrogen-bond acceptors (Lipinski definition) is 2. The second-order valence-electron chi connectivity index (χ2n) is 5.96. The van der Waals surface area contributed by atoms with Crippen LogP contribution in [0, 0.1) is 5.92 Å². The van der Waals surface area contributed by atoms with Crippen molar-refractivity contribution in [3.8, 4) is 5.75 Å². The number of rotatable bonds is 1. The minimum Gasteiger partial charge on any atom is -0.497 e. The van der Waals surface area contributed by atoms with Crippen LogP contribution in [0.15, 0.2) is 18.1 Å². The quantitative estimate of drug-likeness (QED) is 0.782. The number of hydrogen-bond donors (Lipinski definition) is 0. The highest BCUT2D eigenvalue weighted by Gasteiger charge is 2.53. The van der Waals surface area contributed by atoms with Gasteiger partial charge in [0.25, 0.3) is 0 Å². The van der Waals surface area contributed by atoms with Crippen LogP contribution in [-0.2, 0) is 11.8 Å². The number of likely N-dealkylation sites (tertiary alicyclic amines) is 1. The molecule has 1 aromatic rings. The van der Waals surface area contributed by atoms with Crippen LogP contribution in [0.3, 0.4) is 0 Å². The van der Waals surface area contributed by atoms with Crippen molar-refractivity contribution in [1.82, 2.24) is 4.90 Å². The van der Waals surface area contributed by atoms with E-state index >= 15 is 0 Å². The summed E-state index contributed by atoms with van der Waals surface area (Å²) in [6.07, 6.45) is -0.485. The lowest BCUT2D eigenvalue weighted by molar-refractivity contribution is 0.00274. The van der Waals surface area contributed by atoms with E-state index in [0.717, 1.165) is 6.42 Å². The molecule has 1 heterocycles. The number of piperidine rings is 1. The van der Waals surface area contributed by atoms with E-state index in [1.807, 2.05) is 0 Å². The Labute approximate surface area is 136 Å². The number of likely N-dealkylation sites (N-methyl/N-ethyl adjacent to an activating group) is 1. The maximum absolute atomic E-state index is 8.98. The first-order valence-electron chi connectivity index (χ1n) is 12.2. The van der Waals surface area contributed by atoms with Crippen LogP contribution >= 0.6 is 0 Å². The molecule has 1 unspecified atom stereocenters. The van der Waals surface area contributed by atoms with E-state index in [4.69, 9.17) is 18.4 Å². The van der Waals surface area contributed by atoms with E-state index in [1.54, 1.807) is 0 Å². The molecular weight excluding hydrogens is 246 g/mol. The van der Waals surface area contributed by atoms with Crippen LogP contribution < -0.4 is 4.74 Å². The molecule has 2 bridgehead atoms. The zero-order valence-electron chi connectivity index (χ0n) is 21.5. The number of nitrogens with zero attached hydrogens (tertiary/aromatic N) is 1. The molecule has 20 heavy (non-hydrogen) atoms. The Balaban J connectivity index is 2.14. The summed E-state index contributed by atoms with van der Waals surface area (Å²) in [5.74, 6) is -0.631. The molecule has 0 aromatic heterocycles. The van der Waals surface area contributed by atoms with E-state index in [1.165, 1.54) is 7.11 Å². The summed E-state index contributed by atoms with van der Waals surface area (Å²) in [4.78, 5) is 0.689. The summed E-state index contributed by atoms with van der Waals surface area (Å²) in [6, 6.07) is -1.51. The smallest absolute Gasteiger partial charge is 0.119 e. The van der Waals surface area contributed by atoms with Crippen LogP contribution in [-0.4, -0.2) is 31.5 Å². The van der Waals surface area contributed by atoms with Gasteiger partial charge in [-0.1, -0.05) is 18.9 Å². The van der Waals surface area contributed by atoms with Crippen molar-refractivity contribution in [2.45, 2.75) is 49.9 Å². The molecule has 3 atom stereocenters. The van der Waals surface area contributed by atoms with E-state index in [2.05, 4.69) is 0 Å². The monoisotopic (exact) mass is 281 g/mol. The van der Waals surface area contributed by atoms with Gasteiger partial charge >= 0.3 is 0 Å². The third-order valence-electron chi connectivity index (χ3n) is 5.10. The van der Waals surface area contributed by atoms with Crippen molar-refractivity contribution in [3.05, 3.63) is 29.3 Å². The van der Waals surface area contributed by atoms with Crippen LogP contribution in [0.25, 0.3) is 0 Å². The predicted molar refractivity (Wildman–Crippen MR) is 81.4 cm³/mol. The molecule has 2 aliphatic carbocycles. The minimum atomic E-state index is -2.87. The fraction of sp³-hybridized carbons (Fsp3) is 0.667. The van der Waals surface area contributed by atoms with Crippen LogP contribution in [0.2, 0.25) is 0 Å². The maximum Gasteiger partial charge on any atom is 0.119 e. The zero-order valence-corrected chi connectivity index (χ0v) is 11.5. The first-order chi connectivity index (χ1) is 13.7. The Morgan fingerprint density at radius 1 is 1.50 bits per heavy atom. The molecule has 4 rings (SSSR count). The molecule has 0 radical (unpaired) electrons. The minimum absolute atomic E-state index is 0.00365. The zero-order chi connectivity index (χ0) is 22.4. The third kappa shape index (κ3) is 1.60. The van der Waals surface area contributed by atoms with E-state index in [9.17, 15) is 0 Å². The Bertz CT molecular complexity index is 898. The first-order valence-corrected chi connectivity index (χ1v) is 7.21. The standard InChI is InChI=1S/C18H25NO/c1-19-10-9-18-8-4-3-5-15(18)17(19)11-13-6-7-14(20-2)12-16(13)18/h6-7,12,15,17H,3-5,8-11H2,1-2H3/t15?,17-,18-/m0/s1/i1D3,6D,7D,9D2,10D2,12D. The van der Waals surface area contributed by atoms with Gasteiger partial charge in [0.2, 0.25) is 0 Å². The van der Waals surface area contributed by atoms with E-state index in [0.29, 0.717) is 17.7 Å². The molecule has 108 valence electrons. The molecule has 0 amide bonds. The molecule has 1 saturated carbocycles. The normalized spacial score (nSPS) is 49.0. The number of ether oxygens (including phenoxy) is 1. The molecule has 0 N–H and O–H groups in total. The predicted octanol–water partition coefficient (Wildman–Crippen LogP) is 3.38. The Morgan fingerprint density at radius 3 is 3.30 bits per heavy atom. The highest BCUT2D eigenvalue weighted by Crippen LogP contribution is 2.55. The number of benzene rings is 1. The van der Waals surface area contributed by atoms with Crippen molar-refractivity contribution >= 4 is 0 Å². The van der Waals surface area contributed by atoms with Crippen LogP contribution in [0.4, 0.5) is 0 Å². The molecule has 2 nitrogen and oxygen atoms in total. The fourth-order valence-corrected chi connectivity index (χ4v) is 4.17. The van der Waals surface area contributed by atoms with Crippen molar-refractivity contribution in [3.63, 3.8) is 0 Å². The highest BCUT2D eigenvalue weighted by atomic mass is 16.5. The van der Waals surface area contributed by atoms with Crippen molar-refractivity contribution < 1.29 is 18.4 Å². The van der Waals surface area contributed by atoms with Gasteiger partial charge in [0.05, 0.1) is 11.2 Å². The SMILES string of the molecule is [2H]c1c([2H])c(OC)c([2H])c2c1C[C@H]1C3CCCC[C@@]23C([2H])([2H])C([2H])([2H])N1C([2H])([2H])[2H]. The summed E-state index contributed by atoms with van der Waals surface area (Å²) < 4.78 is 89.9. The van der Waals surface area contributed by atoms with Gasteiger partial charge in [-0.2, -0.15) is 0 Å². The van der Waals surface area contributed by atoms with Crippen LogP contribution in [0.5, 0.6) is 5.75 Å². The van der Waals surface area contributed by atoms with Gasteiger partial charge in [-0.3, -0.25) is 0 Å². The molecule has 1 saturated heterocycles. The van der Waals surface area contributed by atoms with E-state index < -0.39 is 37.2 Å². The van der Waals surface area contributed by atoms with E-state index in [-0.39, 0.29) is 47.8 Å². The fourth-order valence-electron chi connectivity index (χ4n) is 4.17. The van der Waals surface area contributed by atoms with Gasteiger partial charge in [0.1, 0.15) is 5.75 Å². The Hall–Kier alpha value is -1.02. The maximum atomic E-state index is 8.98. The second kappa shape index (κ2) is 4.49. The van der Waals surface area contributed by atoms with Gasteiger partial charge in [0.15, 0.2) is 0 Å². The summed E-state index contributed by atoms with van der Waals surface area (Å²) in [5.41, 5.74) is -0.939. The van der Waals surface area contributed by atoms with Gasteiger partial charge in [-0.15, -0.1) is 0 Å². The first kappa shape index (κ1) is 6.00. The molecule has 2 heteroatoms. The van der Waals surface area contributed by atoms with Crippen molar-refractivity contribution in [2.24, 2.45) is 5.92 Å². The Kier molecular flexibility index (Phi) is 1.35. The lowest BCUT2D eigenvalue weighted by Gasteiger charge is -2.58. The molecule has 1 aromatic carbocycles. The number of fused-ring (bicyclic) bond motifs is 1. The Morgan fingerprint density at radius 2 is 2.45 bits per heavy atom. The molecule has 0 spiro atoms. The molecule has 1 aliphatic heterocycles. The lowest BCUT2D eigenvalue weighted by atomic mass is 9.52. The van der Waals surface area contributed by atoms with Crippen LogP contribution in [0.1, 0.15) is 56.9 Å². The third-order valence-corrected chi connectivity index (χ3v) is 5.10. The average molecular weight is 281 g/mol. The lowest BCUT2D eigenvalue weighted by Crippen LogP contribution is -2.59. The van der Waals surface area contributed by atoms with Crippen molar-refractivity contribution in [1.29, 1.82) is 0 Å². The average Bonchev–Trinajstić information content (AvgIpc) is 2.64. The summed E-state index contributed by atoms with van der Waals surface area (Å²) in [6.45, 7) is -5.68. The highest BCUT2D eigenvalue weighted by molar-refractivity contribution is 5.45. The van der Waals surface area contributed by atoms with Gasteiger partial charge < -0.3 is 9.64 Å². The largest absolute Gasteiger partial charge is 0.497 e. The molecule has 3 aliphatic rings.